The maximum absolute atomic E-state index is 14.0. The Labute approximate surface area is 143 Å². The zero-order valence-electron chi connectivity index (χ0n) is 13.9. The SMILES string of the molecule is CC(C)NC(=S)N(CCN1CCOCC1)Cc1ccccc1F. The van der Waals surface area contributed by atoms with Crippen molar-refractivity contribution in [3.05, 3.63) is 35.6 Å². The zero-order chi connectivity index (χ0) is 16.7. The first-order valence-corrected chi connectivity index (χ1v) is 8.56. The Bertz CT molecular complexity index is 506. The molecular weight excluding hydrogens is 313 g/mol. The van der Waals surface area contributed by atoms with Crippen LogP contribution >= 0.6 is 12.2 Å². The van der Waals surface area contributed by atoms with Gasteiger partial charge in [-0.25, -0.2) is 4.39 Å². The van der Waals surface area contributed by atoms with Crippen molar-refractivity contribution in [3.63, 3.8) is 0 Å². The van der Waals surface area contributed by atoms with Crippen molar-refractivity contribution in [2.24, 2.45) is 0 Å². The Kier molecular flexibility index (Phi) is 7.20. The van der Waals surface area contributed by atoms with Gasteiger partial charge < -0.3 is 15.0 Å². The van der Waals surface area contributed by atoms with Crippen LogP contribution in [-0.2, 0) is 11.3 Å². The summed E-state index contributed by atoms with van der Waals surface area (Å²) >= 11 is 5.51. The summed E-state index contributed by atoms with van der Waals surface area (Å²) in [7, 11) is 0. The Morgan fingerprint density at radius 3 is 2.70 bits per heavy atom. The quantitative estimate of drug-likeness (QED) is 0.803. The molecule has 0 atom stereocenters. The Hall–Kier alpha value is -1.24. The van der Waals surface area contributed by atoms with Gasteiger partial charge in [-0.1, -0.05) is 18.2 Å². The Balaban J connectivity index is 1.98. The maximum Gasteiger partial charge on any atom is 0.169 e. The van der Waals surface area contributed by atoms with E-state index in [0.717, 1.165) is 39.4 Å². The average Bonchev–Trinajstić information content (AvgIpc) is 2.53. The van der Waals surface area contributed by atoms with Crippen LogP contribution in [0.4, 0.5) is 4.39 Å². The van der Waals surface area contributed by atoms with Gasteiger partial charge in [-0.05, 0) is 32.1 Å². The number of thiocarbonyl (C=S) groups is 1. The fraction of sp³-hybridized carbons (Fsp3) is 0.588. The van der Waals surface area contributed by atoms with Crippen LogP contribution in [0.25, 0.3) is 0 Å². The number of hydrogen-bond acceptors (Lipinski definition) is 3. The molecule has 128 valence electrons. The molecule has 1 heterocycles. The van der Waals surface area contributed by atoms with Gasteiger partial charge >= 0.3 is 0 Å². The van der Waals surface area contributed by atoms with E-state index in [0.29, 0.717) is 17.2 Å². The second kappa shape index (κ2) is 9.15. The number of nitrogens with one attached hydrogen (secondary N) is 1. The molecule has 1 aliphatic rings. The van der Waals surface area contributed by atoms with E-state index in [1.54, 1.807) is 6.07 Å². The lowest BCUT2D eigenvalue weighted by atomic mass is 10.2. The van der Waals surface area contributed by atoms with Gasteiger partial charge in [-0.2, -0.15) is 0 Å². The van der Waals surface area contributed by atoms with E-state index in [1.165, 1.54) is 6.07 Å². The van der Waals surface area contributed by atoms with Gasteiger partial charge in [0.1, 0.15) is 5.82 Å². The van der Waals surface area contributed by atoms with E-state index in [-0.39, 0.29) is 11.9 Å². The van der Waals surface area contributed by atoms with Gasteiger partial charge in [0.15, 0.2) is 5.11 Å². The largest absolute Gasteiger partial charge is 0.379 e. The van der Waals surface area contributed by atoms with Gasteiger partial charge in [-0.3, -0.25) is 4.90 Å². The van der Waals surface area contributed by atoms with Gasteiger partial charge in [0.25, 0.3) is 0 Å². The van der Waals surface area contributed by atoms with E-state index in [9.17, 15) is 4.39 Å². The fourth-order valence-corrected chi connectivity index (χ4v) is 2.90. The standard InChI is InChI=1S/C17H26FN3OS/c1-14(2)19-17(23)21(8-7-20-9-11-22-12-10-20)13-15-5-3-4-6-16(15)18/h3-6,14H,7-13H2,1-2H3,(H,19,23). The zero-order valence-corrected chi connectivity index (χ0v) is 14.7. The summed E-state index contributed by atoms with van der Waals surface area (Å²) in [5, 5.41) is 3.94. The van der Waals surface area contributed by atoms with Crippen LogP contribution < -0.4 is 5.32 Å². The van der Waals surface area contributed by atoms with Crippen molar-refractivity contribution in [2.45, 2.75) is 26.4 Å². The lowest BCUT2D eigenvalue weighted by Crippen LogP contribution is -2.47. The number of hydrogen-bond donors (Lipinski definition) is 1. The highest BCUT2D eigenvalue weighted by Crippen LogP contribution is 2.11. The summed E-state index contributed by atoms with van der Waals surface area (Å²) < 4.78 is 19.3. The normalized spacial score (nSPS) is 15.7. The van der Waals surface area contributed by atoms with E-state index < -0.39 is 0 Å². The molecule has 1 saturated heterocycles. The highest BCUT2D eigenvalue weighted by Gasteiger charge is 2.16. The summed E-state index contributed by atoms with van der Waals surface area (Å²) in [6.07, 6.45) is 0. The van der Waals surface area contributed by atoms with Crippen LogP contribution in [0.2, 0.25) is 0 Å². The van der Waals surface area contributed by atoms with Crippen LogP contribution in [0.5, 0.6) is 0 Å². The van der Waals surface area contributed by atoms with Crippen molar-refractivity contribution in [3.8, 4) is 0 Å². The predicted octanol–water partition coefficient (Wildman–Crippen LogP) is 2.24. The molecule has 1 aliphatic heterocycles. The minimum absolute atomic E-state index is 0.184. The molecular formula is C17H26FN3OS. The molecule has 0 bridgehead atoms. The molecule has 1 fully saturated rings. The minimum atomic E-state index is -0.184. The number of ether oxygens (including phenoxy) is 1. The van der Waals surface area contributed by atoms with Crippen LogP contribution in [-0.4, -0.2) is 60.3 Å². The third-order valence-corrected chi connectivity index (χ3v) is 4.18. The minimum Gasteiger partial charge on any atom is -0.379 e. The molecule has 4 nitrogen and oxygen atoms in total. The Morgan fingerprint density at radius 2 is 2.04 bits per heavy atom. The number of rotatable bonds is 6. The summed E-state index contributed by atoms with van der Waals surface area (Å²) in [4.78, 5) is 4.40. The number of benzene rings is 1. The van der Waals surface area contributed by atoms with Gasteiger partial charge in [0.2, 0.25) is 0 Å². The van der Waals surface area contributed by atoms with Crippen molar-refractivity contribution in [1.82, 2.24) is 15.1 Å². The second-order valence-corrected chi connectivity index (χ2v) is 6.46. The first-order chi connectivity index (χ1) is 11.1. The average molecular weight is 339 g/mol. The van der Waals surface area contributed by atoms with Crippen LogP contribution in [0.3, 0.4) is 0 Å². The third kappa shape index (κ3) is 6.05. The van der Waals surface area contributed by atoms with Crippen LogP contribution in [0, 0.1) is 5.82 Å². The molecule has 0 aliphatic carbocycles. The molecule has 6 heteroatoms. The van der Waals surface area contributed by atoms with E-state index in [1.807, 2.05) is 17.0 Å². The number of morpholine rings is 1. The second-order valence-electron chi connectivity index (χ2n) is 6.07. The lowest BCUT2D eigenvalue weighted by Gasteiger charge is -2.32. The molecule has 1 N–H and O–H groups in total. The van der Waals surface area contributed by atoms with Crippen molar-refractivity contribution < 1.29 is 9.13 Å². The molecule has 1 aromatic rings. The van der Waals surface area contributed by atoms with Crippen molar-refractivity contribution in [2.75, 3.05) is 39.4 Å². The highest BCUT2D eigenvalue weighted by molar-refractivity contribution is 7.80. The first-order valence-electron chi connectivity index (χ1n) is 8.15. The van der Waals surface area contributed by atoms with Gasteiger partial charge in [0.05, 0.1) is 13.2 Å². The summed E-state index contributed by atoms with van der Waals surface area (Å²) in [6, 6.07) is 7.14. The summed E-state index contributed by atoms with van der Waals surface area (Å²) in [5.41, 5.74) is 0.669. The molecule has 0 aromatic heterocycles. The number of halogens is 1. The molecule has 0 spiro atoms. The van der Waals surface area contributed by atoms with E-state index in [2.05, 4.69) is 24.1 Å². The van der Waals surface area contributed by atoms with E-state index >= 15 is 0 Å². The van der Waals surface area contributed by atoms with E-state index in [4.69, 9.17) is 17.0 Å². The fourth-order valence-electron chi connectivity index (χ4n) is 2.51. The monoisotopic (exact) mass is 339 g/mol. The third-order valence-electron chi connectivity index (χ3n) is 3.81. The van der Waals surface area contributed by atoms with Crippen LogP contribution in [0.1, 0.15) is 19.4 Å². The molecule has 23 heavy (non-hydrogen) atoms. The smallest absolute Gasteiger partial charge is 0.169 e. The summed E-state index contributed by atoms with van der Waals surface area (Å²) in [6.45, 7) is 9.70. The highest BCUT2D eigenvalue weighted by atomic mass is 32.1. The topological polar surface area (TPSA) is 27.7 Å². The summed E-state index contributed by atoms with van der Waals surface area (Å²) in [5.74, 6) is -0.184. The van der Waals surface area contributed by atoms with Crippen molar-refractivity contribution >= 4 is 17.3 Å². The molecule has 0 unspecified atom stereocenters. The molecule has 1 aromatic carbocycles. The van der Waals surface area contributed by atoms with Crippen molar-refractivity contribution in [1.29, 1.82) is 0 Å². The first kappa shape index (κ1) is 18.1. The van der Waals surface area contributed by atoms with Crippen LogP contribution in [0.15, 0.2) is 24.3 Å². The molecule has 0 radical (unpaired) electrons. The molecule has 0 amide bonds. The molecule has 0 saturated carbocycles. The van der Waals surface area contributed by atoms with Gasteiger partial charge in [0, 0.05) is 44.3 Å². The Morgan fingerprint density at radius 1 is 1.35 bits per heavy atom. The molecule has 2 rings (SSSR count). The maximum atomic E-state index is 14.0. The predicted molar refractivity (Wildman–Crippen MR) is 94.9 cm³/mol. The van der Waals surface area contributed by atoms with Gasteiger partial charge in [-0.15, -0.1) is 0 Å². The number of nitrogens with zero attached hydrogens (tertiary/aromatic N) is 2. The lowest BCUT2D eigenvalue weighted by molar-refractivity contribution is 0.0357.